The molecule has 34 heavy (non-hydrogen) atoms. The minimum absolute atomic E-state index is 0.144. The number of aryl methyl sites for hydroxylation is 1. The summed E-state index contributed by atoms with van der Waals surface area (Å²) in [6, 6.07) is 8.17. The second-order valence-corrected chi connectivity index (χ2v) is 9.49. The van der Waals surface area contributed by atoms with E-state index < -0.39 is 18.3 Å². The summed E-state index contributed by atoms with van der Waals surface area (Å²) >= 11 is 0. The normalized spacial score (nSPS) is 19.9. The summed E-state index contributed by atoms with van der Waals surface area (Å²) in [4.78, 5) is 14.2. The Morgan fingerprint density at radius 2 is 1.88 bits per heavy atom. The zero-order chi connectivity index (χ0) is 26.0. The third-order valence-corrected chi connectivity index (χ3v) is 5.25. The molecule has 1 aliphatic heterocycles. The summed E-state index contributed by atoms with van der Waals surface area (Å²) in [5, 5.41) is 2.66. The average Bonchev–Trinajstić information content (AvgIpc) is 2.91. The lowest BCUT2D eigenvalue weighted by molar-refractivity contribution is -0.274. The van der Waals surface area contributed by atoms with E-state index in [9.17, 15) is 22.4 Å². The number of hydrogen-bond donors (Lipinski definition) is 1. The van der Waals surface area contributed by atoms with Gasteiger partial charge in [0.2, 0.25) is 5.91 Å². The van der Waals surface area contributed by atoms with E-state index >= 15 is 0 Å². The van der Waals surface area contributed by atoms with Crippen LogP contribution in [0, 0.1) is 18.2 Å². The molecule has 0 radical (unpaired) electrons. The minimum Gasteiger partial charge on any atom is -0.406 e. The van der Waals surface area contributed by atoms with Crippen molar-refractivity contribution in [3.8, 4) is 5.75 Å². The molecule has 0 unspecified atom stereocenters. The van der Waals surface area contributed by atoms with Crippen molar-refractivity contribution >= 4 is 17.3 Å². The Morgan fingerprint density at radius 1 is 1.21 bits per heavy atom. The molecule has 3 rings (SSSR count). The fraction of sp³-hybridized carbons (Fsp3) is 0.480. The second-order valence-electron chi connectivity index (χ2n) is 9.49. The molecule has 1 fully saturated rings. The summed E-state index contributed by atoms with van der Waals surface area (Å²) in [5.41, 5.74) is 1.48. The van der Waals surface area contributed by atoms with Crippen molar-refractivity contribution in [1.82, 2.24) is 0 Å². The van der Waals surface area contributed by atoms with Crippen molar-refractivity contribution in [2.24, 2.45) is 5.41 Å². The zero-order valence-corrected chi connectivity index (χ0v) is 19.7. The smallest absolute Gasteiger partial charge is 0.406 e. The van der Waals surface area contributed by atoms with Crippen LogP contribution in [0.4, 0.5) is 28.9 Å². The van der Waals surface area contributed by atoms with E-state index in [-0.39, 0.29) is 42.2 Å². The minimum atomic E-state index is -4.79. The number of carbonyl (C=O) groups is 1. The summed E-state index contributed by atoms with van der Waals surface area (Å²) in [6.07, 6.45) is -5.80. The number of carbonyl (C=O) groups excluding carboxylic acids is 1. The number of alkyl halides is 3. The second kappa shape index (κ2) is 10.2. The first-order valence-electron chi connectivity index (χ1n) is 11.5. The summed E-state index contributed by atoms with van der Waals surface area (Å²) in [6.45, 7) is 8.41. The van der Waals surface area contributed by atoms with Gasteiger partial charge < -0.3 is 19.7 Å². The molecular weight excluding hydrogens is 452 g/mol. The standard InChI is InChI=1S/C25H30F4N2O3/c1-16-13-18(14-20(26)23(16)30-22(32)15-24(2,3)4)31-10-9-21(33-12-11-31)17-5-7-19(8-6-17)34-25(27,28)29/h5-8,13-14,21H,9-12,15H2,1-4H3,(H,30,32)/t21-/m0/s1/i21D. The molecule has 1 atom stereocenters. The van der Waals surface area contributed by atoms with Crippen LogP contribution in [-0.4, -0.2) is 32.0 Å². The first-order chi connectivity index (χ1) is 16.2. The summed E-state index contributed by atoms with van der Waals surface area (Å²) in [5.74, 6) is -1.19. The van der Waals surface area contributed by atoms with Gasteiger partial charge in [-0.15, -0.1) is 13.2 Å². The van der Waals surface area contributed by atoms with E-state index in [1.165, 1.54) is 18.2 Å². The number of nitrogens with zero attached hydrogens (tertiary/aromatic N) is 1. The van der Waals surface area contributed by atoms with E-state index in [0.29, 0.717) is 29.9 Å². The molecule has 1 N–H and O–H groups in total. The molecule has 2 aromatic carbocycles. The topological polar surface area (TPSA) is 50.8 Å². The predicted octanol–water partition coefficient (Wildman–Crippen LogP) is 6.38. The van der Waals surface area contributed by atoms with Crippen molar-refractivity contribution in [3.05, 3.63) is 53.3 Å². The molecule has 0 bridgehead atoms. The maximum Gasteiger partial charge on any atom is 0.573 e. The predicted molar refractivity (Wildman–Crippen MR) is 122 cm³/mol. The van der Waals surface area contributed by atoms with Crippen LogP contribution in [0.25, 0.3) is 0 Å². The van der Waals surface area contributed by atoms with Crippen molar-refractivity contribution in [3.63, 3.8) is 0 Å². The van der Waals surface area contributed by atoms with Gasteiger partial charge in [0, 0.05) is 25.2 Å². The van der Waals surface area contributed by atoms with E-state index in [4.69, 9.17) is 6.11 Å². The number of halogens is 4. The van der Waals surface area contributed by atoms with Gasteiger partial charge in [-0.2, -0.15) is 0 Å². The SMILES string of the molecule is [2H][C@@]1(c2ccc(OC(F)(F)F)cc2)CCN(c2cc(C)c(NC(=O)CC(C)(C)C)c(F)c2)CCO1. The van der Waals surface area contributed by atoms with E-state index in [2.05, 4.69) is 10.1 Å². The van der Waals surface area contributed by atoms with Crippen LogP contribution >= 0.6 is 0 Å². The number of nitrogens with one attached hydrogen (secondary N) is 1. The van der Waals surface area contributed by atoms with Gasteiger partial charge in [0.05, 0.1) is 19.7 Å². The number of ether oxygens (including phenoxy) is 2. The van der Waals surface area contributed by atoms with Crippen molar-refractivity contribution in [2.75, 3.05) is 29.9 Å². The number of hydrogen-bond acceptors (Lipinski definition) is 4. The molecule has 1 saturated heterocycles. The van der Waals surface area contributed by atoms with Gasteiger partial charge >= 0.3 is 6.36 Å². The molecule has 5 nitrogen and oxygen atoms in total. The summed E-state index contributed by atoms with van der Waals surface area (Å²) in [7, 11) is 0. The van der Waals surface area contributed by atoms with Crippen molar-refractivity contribution < 1.29 is 33.2 Å². The lowest BCUT2D eigenvalue weighted by atomic mass is 9.92. The quantitative estimate of drug-likeness (QED) is 0.502. The van der Waals surface area contributed by atoms with Crippen LogP contribution in [0.15, 0.2) is 36.4 Å². The first-order valence-corrected chi connectivity index (χ1v) is 11.0. The van der Waals surface area contributed by atoms with E-state index in [1.807, 2.05) is 25.7 Å². The molecule has 0 saturated carbocycles. The Kier molecular flexibility index (Phi) is 7.30. The highest BCUT2D eigenvalue weighted by atomic mass is 19.4. The van der Waals surface area contributed by atoms with Gasteiger partial charge in [0.25, 0.3) is 0 Å². The van der Waals surface area contributed by atoms with Crippen LogP contribution in [0.1, 0.15) is 52.2 Å². The maximum atomic E-state index is 14.9. The highest BCUT2D eigenvalue weighted by Gasteiger charge is 2.31. The van der Waals surface area contributed by atoms with Crippen LogP contribution < -0.4 is 15.0 Å². The molecule has 9 heteroatoms. The van der Waals surface area contributed by atoms with Gasteiger partial charge in [0.1, 0.15) is 11.6 Å². The fourth-order valence-corrected chi connectivity index (χ4v) is 3.76. The molecule has 2 aromatic rings. The van der Waals surface area contributed by atoms with Gasteiger partial charge in [-0.3, -0.25) is 4.79 Å². The van der Waals surface area contributed by atoms with E-state index in [1.54, 1.807) is 13.0 Å². The van der Waals surface area contributed by atoms with Gasteiger partial charge in [-0.25, -0.2) is 4.39 Å². The van der Waals surface area contributed by atoms with Crippen molar-refractivity contribution in [2.45, 2.75) is 53.0 Å². The van der Waals surface area contributed by atoms with Gasteiger partial charge in [-0.05, 0) is 54.2 Å². The lowest BCUT2D eigenvalue weighted by Crippen LogP contribution is -2.26. The lowest BCUT2D eigenvalue weighted by Gasteiger charge is -2.24. The monoisotopic (exact) mass is 483 g/mol. The average molecular weight is 484 g/mol. The maximum absolute atomic E-state index is 14.9. The van der Waals surface area contributed by atoms with Crippen LogP contribution in [0.3, 0.4) is 0 Å². The first kappa shape index (κ1) is 24.3. The number of amides is 1. The molecule has 0 aromatic heterocycles. The molecule has 1 amide bonds. The molecule has 0 spiro atoms. The van der Waals surface area contributed by atoms with Gasteiger partial charge in [0.15, 0.2) is 0 Å². The molecule has 1 heterocycles. The Morgan fingerprint density at radius 3 is 2.47 bits per heavy atom. The molecule has 1 aliphatic rings. The van der Waals surface area contributed by atoms with E-state index in [0.717, 1.165) is 12.1 Å². The molecular formula is C25H30F4N2O3. The third kappa shape index (κ3) is 7.35. The Hall–Kier alpha value is -2.81. The van der Waals surface area contributed by atoms with Crippen LogP contribution in [0.5, 0.6) is 5.75 Å². The number of benzene rings is 2. The molecule has 186 valence electrons. The zero-order valence-electron chi connectivity index (χ0n) is 20.7. The van der Waals surface area contributed by atoms with Crippen molar-refractivity contribution in [1.29, 1.82) is 0 Å². The van der Waals surface area contributed by atoms with Gasteiger partial charge in [-0.1, -0.05) is 32.9 Å². The Labute approximate surface area is 198 Å². The Balaban J connectivity index is 1.71. The third-order valence-electron chi connectivity index (χ3n) is 5.25. The van der Waals surface area contributed by atoms with Crippen LogP contribution in [-0.2, 0) is 9.53 Å². The number of rotatable bonds is 5. The highest BCUT2D eigenvalue weighted by molar-refractivity contribution is 5.92. The highest BCUT2D eigenvalue weighted by Crippen LogP contribution is 2.32. The van der Waals surface area contributed by atoms with Crippen LogP contribution in [0.2, 0.25) is 0 Å². The molecule has 0 aliphatic carbocycles. The number of anilines is 2. The largest absolute Gasteiger partial charge is 0.573 e. The Bertz CT molecular complexity index is 1030. The fourth-order valence-electron chi connectivity index (χ4n) is 3.76. The summed E-state index contributed by atoms with van der Waals surface area (Å²) < 4.78 is 70.5.